The van der Waals surface area contributed by atoms with Crippen molar-refractivity contribution >= 4 is 0 Å². The predicted octanol–water partition coefficient (Wildman–Crippen LogP) is 5.47. The van der Waals surface area contributed by atoms with Crippen LogP contribution in [0.15, 0.2) is 24.3 Å². The number of benzene rings is 1. The highest BCUT2D eigenvalue weighted by atomic mass is 19.4. The molecule has 1 aromatic rings. The summed E-state index contributed by atoms with van der Waals surface area (Å²) in [7, 11) is 1.05. The van der Waals surface area contributed by atoms with Crippen LogP contribution in [0.3, 0.4) is 0 Å². The SMILES string of the molecule is COc1ccc(C(O)C(F)(F)C(F)(F)C(F)(F)C(F)(F)C(F)(F)C(F)(F)F)cc1. The molecule has 0 aliphatic carbocycles. The summed E-state index contributed by atoms with van der Waals surface area (Å²) < 4.78 is 174. The van der Waals surface area contributed by atoms with Gasteiger partial charge in [-0.3, -0.25) is 0 Å². The molecule has 1 rings (SSSR count). The Kier molecular flexibility index (Phi) is 6.14. The maximum Gasteiger partial charge on any atom is 0.460 e. The lowest BCUT2D eigenvalue weighted by molar-refractivity contribution is -0.444. The molecule has 0 amide bonds. The highest BCUT2D eigenvalue weighted by Crippen LogP contribution is 2.61. The number of aliphatic hydroxyl groups is 1. The fourth-order valence-corrected chi connectivity index (χ4v) is 1.95. The van der Waals surface area contributed by atoms with Gasteiger partial charge in [-0.05, 0) is 17.7 Å². The van der Waals surface area contributed by atoms with E-state index in [0.29, 0.717) is 12.1 Å². The third-order valence-corrected chi connectivity index (χ3v) is 3.73. The van der Waals surface area contributed by atoms with Crippen LogP contribution in [0.1, 0.15) is 11.7 Å². The van der Waals surface area contributed by atoms with Crippen molar-refractivity contribution in [2.75, 3.05) is 7.11 Å². The first-order valence-corrected chi connectivity index (χ1v) is 6.98. The van der Waals surface area contributed by atoms with Gasteiger partial charge in [0.25, 0.3) is 0 Å². The van der Waals surface area contributed by atoms with Crippen LogP contribution >= 0.6 is 0 Å². The first-order valence-electron chi connectivity index (χ1n) is 6.98. The van der Waals surface area contributed by atoms with Crippen LogP contribution in [0.25, 0.3) is 0 Å². The molecule has 0 aliphatic rings. The molecule has 0 bridgehead atoms. The van der Waals surface area contributed by atoms with Gasteiger partial charge in [-0.1, -0.05) is 12.1 Å². The summed E-state index contributed by atoms with van der Waals surface area (Å²) in [5.41, 5.74) is -1.28. The maximum atomic E-state index is 13.8. The third-order valence-electron chi connectivity index (χ3n) is 3.73. The maximum absolute atomic E-state index is 13.8. The molecule has 2 nitrogen and oxygen atoms in total. The number of alkyl halides is 13. The molecule has 1 N–H and O–H groups in total. The van der Waals surface area contributed by atoms with Crippen LogP contribution < -0.4 is 4.74 Å². The highest BCUT2D eigenvalue weighted by molar-refractivity contribution is 5.30. The van der Waals surface area contributed by atoms with Crippen LogP contribution in [0.4, 0.5) is 57.1 Å². The average Bonchev–Trinajstić information content (AvgIpc) is 2.59. The molecule has 1 atom stereocenters. The zero-order valence-electron chi connectivity index (χ0n) is 13.7. The number of ether oxygens (including phenoxy) is 1. The van der Waals surface area contributed by atoms with Gasteiger partial charge in [0.1, 0.15) is 11.9 Å². The van der Waals surface area contributed by atoms with Crippen molar-refractivity contribution in [1.82, 2.24) is 0 Å². The van der Waals surface area contributed by atoms with Gasteiger partial charge in [-0.15, -0.1) is 0 Å². The molecule has 0 aromatic heterocycles. The molecule has 15 heteroatoms. The number of methoxy groups -OCH3 is 1. The zero-order chi connectivity index (χ0) is 23.3. The Balaban J connectivity index is 3.48. The summed E-state index contributed by atoms with van der Waals surface area (Å²) in [6, 6.07) is 2.32. The van der Waals surface area contributed by atoms with E-state index in [0.717, 1.165) is 19.2 Å². The molecule has 29 heavy (non-hydrogen) atoms. The fraction of sp³-hybridized carbons (Fsp3) is 0.571. The monoisotopic (exact) mass is 456 g/mol. The van der Waals surface area contributed by atoms with Crippen molar-refractivity contribution in [3.8, 4) is 5.75 Å². The van der Waals surface area contributed by atoms with Gasteiger partial charge in [0, 0.05) is 0 Å². The molecule has 0 radical (unpaired) electrons. The molecule has 0 heterocycles. The van der Waals surface area contributed by atoms with Crippen molar-refractivity contribution < 1.29 is 66.9 Å². The standard InChI is InChI=1S/C14H9F13O2/c1-29-7-4-2-6(3-5-7)8(28)9(15,16)10(17,18)11(19,20)12(21,22)13(23,24)14(25,26)27/h2-5,8,28H,1H3. The summed E-state index contributed by atoms with van der Waals surface area (Å²) >= 11 is 0. The number of rotatable bonds is 7. The van der Waals surface area contributed by atoms with Gasteiger partial charge >= 0.3 is 35.8 Å². The van der Waals surface area contributed by atoms with Crippen molar-refractivity contribution in [3.63, 3.8) is 0 Å². The van der Waals surface area contributed by atoms with Gasteiger partial charge in [0.15, 0.2) is 0 Å². The first-order chi connectivity index (χ1) is 12.7. The van der Waals surface area contributed by atoms with E-state index in [9.17, 15) is 62.2 Å². The lowest BCUT2D eigenvalue weighted by atomic mass is 9.89. The average molecular weight is 456 g/mol. The van der Waals surface area contributed by atoms with Gasteiger partial charge < -0.3 is 9.84 Å². The van der Waals surface area contributed by atoms with Crippen LogP contribution in [0.2, 0.25) is 0 Å². The van der Waals surface area contributed by atoms with E-state index in [1.54, 1.807) is 0 Å². The van der Waals surface area contributed by atoms with Gasteiger partial charge in [-0.2, -0.15) is 57.1 Å². The minimum absolute atomic E-state index is 0.113. The van der Waals surface area contributed by atoms with Gasteiger partial charge in [0.05, 0.1) is 7.11 Å². The van der Waals surface area contributed by atoms with Crippen LogP contribution in [-0.4, -0.2) is 48.0 Å². The quantitative estimate of drug-likeness (QED) is 0.552. The highest BCUT2D eigenvalue weighted by Gasteiger charge is 2.91. The van der Waals surface area contributed by atoms with Gasteiger partial charge in [0.2, 0.25) is 0 Å². The molecule has 0 aliphatic heterocycles. The van der Waals surface area contributed by atoms with E-state index in [2.05, 4.69) is 4.74 Å². The molecule has 0 fully saturated rings. The van der Waals surface area contributed by atoms with Crippen LogP contribution in [0, 0.1) is 0 Å². The van der Waals surface area contributed by atoms with Crippen molar-refractivity contribution in [2.24, 2.45) is 0 Å². The van der Waals surface area contributed by atoms with Gasteiger partial charge in [-0.25, -0.2) is 0 Å². The molecule has 0 spiro atoms. The summed E-state index contributed by atoms with van der Waals surface area (Å²) in [6.45, 7) is 0. The third kappa shape index (κ3) is 3.57. The van der Waals surface area contributed by atoms with E-state index >= 15 is 0 Å². The number of halogens is 13. The molecule has 1 aromatic carbocycles. The molecule has 168 valence electrons. The lowest BCUT2D eigenvalue weighted by Gasteiger charge is -2.40. The van der Waals surface area contributed by atoms with E-state index < -0.39 is 47.5 Å². The Bertz CT molecular complexity index is 709. The molecule has 0 saturated carbocycles. The van der Waals surface area contributed by atoms with Crippen molar-refractivity contribution in [2.45, 2.75) is 41.9 Å². The second-order valence-electron chi connectivity index (χ2n) is 5.59. The Labute approximate surface area is 152 Å². The van der Waals surface area contributed by atoms with E-state index in [-0.39, 0.29) is 5.75 Å². The Hall–Kier alpha value is -1.93. The zero-order valence-corrected chi connectivity index (χ0v) is 13.7. The fourth-order valence-electron chi connectivity index (χ4n) is 1.95. The molecule has 1 unspecified atom stereocenters. The minimum Gasteiger partial charge on any atom is -0.497 e. The second kappa shape index (κ2) is 7.09. The largest absolute Gasteiger partial charge is 0.497 e. The topological polar surface area (TPSA) is 29.5 Å². The van der Waals surface area contributed by atoms with Crippen LogP contribution in [-0.2, 0) is 0 Å². The summed E-state index contributed by atoms with van der Waals surface area (Å²) in [4.78, 5) is 0. The molecule has 0 saturated heterocycles. The van der Waals surface area contributed by atoms with Crippen molar-refractivity contribution in [1.29, 1.82) is 0 Å². The summed E-state index contributed by atoms with van der Waals surface area (Å²) in [5.74, 6) is -38.1. The van der Waals surface area contributed by atoms with Crippen molar-refractivity contribution in [3.05, 3.63) is 29.8 Å². The number of aliphatic hydroxyl groups excluding tert-OH is 1. The van der Waals surface area contributed by atoms with E-state index in [1.165, 1.54) is 0 Å². The summed E-state index contributed by atoms with van der Waals surface area (Å²) in [6.07, 6.45) is -11.5. The smallest absolute Gasteiger partial charge is 0.460 e. The second-order valence-corrected chi connectivity index (χ2v) is 5.59. The van der Waals surface area contributed by atoms with E-state index in [4.69, 9.17) is 0 Å². The molecular weight excluding hydrogens is 447 g/mol. The first kappa shape index (κ1) is 25.1. The Morgan fingerprint density at radius 3 is 1.38 bits per heavy atom. The Morgan fingerprint density at radius 2 is 1.03 bits per heavy atom. The summed E-state index contributed by atoms with van der Waals surface area (Å²) in [5, 5.41) is 9.28. The van der Waals surface area contributed by atoms with Crippen LogP contribution in [0.5, 0.6) is 5.75 Å². The number of hydrogen-bond donors (Lipinski definition) is 1. The van der Waals surface area contributed by atoms with E-state index in [1.807, 2.05) is 0 Å². The minimum atomic E-state index is -8.01. The Morgan fingerprint density at radius 1 is 0.655 bits per heavy atom. The normalized spacial score (nSPS) is 16.0. The lowest BCUT2D eigenvalue weighted by Crippen LogP contribution is -2.70. The predicted molar refractivity (Wildman–Crippen MR) is 68.7 cm³/mol. The molecular formula is C14H9F13O2. The number of hydrogen-bond acceptors (Lipinski definition) is 2.